The zero-order valence-electron chi connectivity index (χ0n) is 16.3. The van der Waals surface area contributed by atoms with Crippen molar-refractivity contribution in [1.82, 2.24) is 10.6 Å². The number of carboxylic acid groups (broad SMARTS) is 1. The fraction of sp³-hybridized carbons (Fsp3) is 0.526. The Morgan fingerprint density at radius 1 is 1.27 bits per heavy atom. The predicted octanol–water partition coefficient (Wildman–Crippen LogP) is 2.85. The maximum Gasteiger partial charge on any atom is 0.305 e. The Kier molecular flexibility index (Phi) is 8.76. The highest BCUT2D eigenvalue weighted by atomic mass is 35.5. The summed E-state index contributed by atoms with van der Waals surface area (Å²) >= 11 is 5.77. The van der Waals surface area contributed by atoms with Crippen molar-refractivity contribution in [3.05, 3.63) is 39.2 Å². The van der Waals surface area contributed by atoms with Gasteiger partial charge in [0, 0.05) is 35.0 Å². The van der Waals surface area contributed by atoms with E-state index in [1.807, 2.05) is 0 Å². The molecule has 1 aliphatic rings. The number of carbonyl (C=O) groups excluding carboxylic acids is 2. The first-order chi connectivity index (χ1) is 14.3. The molecule has 0 aromatic heterocycles. The number of amides is 2. The van der Waals surface area contributed by atoms with E-state index in [0.717, 1.165) is 12.8 Å². The Labute approximate surface area is 178 Å². The molecule has 1 atom stereocenters. The number of benzene rings is 1. The van der Waals surface area contributed by atoms with Crippen molar-refractivity contribution in [2.45, 2.75) is 38.1 Å². The van der Waals surface area contributed by atoms with Crippen LogP contribution in [0, 0.1) is 11.8 Å². The molecule has 2 amide bonds. The third-order valence-electron chi connectivity index (χ3n) is 5.11. The molecular weight excluding hydrogens is 414 g/mol. The first-order valence-corrected chi connectivity index (χ1v) is 9.97. The number of azide groups is 1. The van der Waals surface area contributed by atoms with Crippen molar-refractivity contribution in [3.63, 3.8) is 0 Å². The molecule has 30 heavy (non-hydrogen) atoms. The molecular formula is C19H24ClN5O5. The van der Waals surface area contributed by atoms with Gasteiger partial charge in [-0.15, -0.1) is 0 Å². The maximum atomic E-state index is 12.4. The van der Waals surface area contributed by atoms with E-state index in [1.54, 1.807) is 0 Å². The van der Waals surface area contributed by atoms with Crippen LogP contribution in [0.5, 0.6) is 5.75 Å². The van der Waals surface area contributed by atoms with E-state index in [0.29, 0.717) is 24.4 Å². The van der Waals surface area contributed by atoms with Gasteiger partial charge in [0.05, 0.1) is 12.0 Å². The third-order valence-corrected chi connectivity index (χ3v) is 5.34. The number of hydrogen-bond donors (Lipinski definition) is 4. The van der Waals surface area contributed by atoms with Crippen molar-refractivity contribution < 1.29 is 24.6 Å². The number of aliphatic carboxylic acids is 1. The van der Waals surface area contributed by atoms with Crippen LogP contribution in [0.15, 0.2) is 23.3 Å². The Morgan fingerprint density at radius 2 is 1.97 bits per heavy atom. The van der Waals surface area contributed by atoms with Gasteiger partial charge in [0.1, 0.15) is 5.75 Å². The number of rotatable bonds is 9. The first kappa shape index (κ1) is 23.3. The summed E-state index contributed by atoms with van der Waals surface area (Å²) in [6.07, 6.45) is 2.36. The molecule has 0 heterocycles. The van der Waals surface area contributed by atoms with E-state index in [9.17, 15) is 19.5 Å². The Hall–Kier alpha value is -2.97. The number of phenolic OH excluding ortho intramolecular Hbond substituents is 1. The molecule has 10 nitrogen and oxygen atoms in total. The summed E-state index contributed by atoms with van der Waals surface area (Å²) in [5.74, 6) is -1.96. The third kappa shape index (κ3) is 7.13. The summed E-state index contributed by atoms with van der Waals surface area (Å²) in [5, 5.41) is 27.9. The van der Waals surface area contributed by atoms with Crippen molar-refractivity contribution >= 4 is 29.4 Å². The molecule has 0 radical (unpaired) electrons. The SMILES string of the molecule is [N-]=[N+]=NC[C@H](CC(=O)O)NC(=O)C1CCC(CNC(=O)c2ccc(Cl)cc2O)CC1. The molecule has 0 bridgehead atoms. The lowest BCUT2D eigenvalue weighted by molar-refractivity contribution is -0.137. The lowest BCUT2D eigenvalue weighted by atomic mass is 9.81. The molecule has 1 saturated carbocycles. The van der Waals surface area contributed by atoms with E-state index in [-0.39, 0.29) is 42.0 Å². The summed E-state index contributed by atoms with van der Waals surface area (Å²) < 4.78 is 0. The molecule has 162 valence electrons. The Morgan fingerprint density at radius 3 is 2.57 bits per heavy atom. The van der Waals surface area contributed by atoms with Crippen molar-refractivity contribution in [2.24, 2.45) is 17.0 Å². The van der Waals surface area contributed by atoms with Gasteiger partial charge in [-0.25, -0.2) is 0 Å². The molecule has 1 aromatic carbocycles. The number of nitrogens with one attached hydrogen (secondary N) is 2. The molecule has 0 aliphatic heterocycles. The van der Waals surface area contributed by atoms with Gasteiger partial charge in [-0.3, -0.25) is 14.4 Å². The summed E-state index contributed by atoms with van der Waals surface area (Å²) in [6, 6.07) is 3.55. The largest absolute Gasteiger partial charge is 0.507 e. The van der Waals surface area contributed by atoms with Crippen LogP contribution in [0.2, 0.25) is 5.02 Å². The van der Waals surface area contributed by atoms with E-state index >= 15 is 0 Å². The van der Waals surface area contributed by atoms with Gasteiger partial charge >= 0.3 is 5.97 Å². The number of halogens is 1. The van der Waals surface area contributed by atoms with Crippen LogP contribution in [-0.4, -0.2) is 47.1 Å². The van der Waals surface area contributed by atoms with E-state index in [1.165, 1.54) is 18.2 Å². The summed E-state index contributed by atoms with van der Waals surface area (Å²) in [4.78, 5) is 38.2. The van der Waals surface area contributed by atoms with Crippen LogP contribution in [-0.2, 0) is 9.59 Å². The van der Waals surface area contributed by atoms with Gasteiger partial charge in [0.25, 0.3) is 5.91 Å². The molecule has 0 unspecified atom stereocenters. The quantitative estimate of drug-likeness (QED) is 0.264. The second-order valence-corrected chi connectivity index (χ2v) is 7.74. The second kappa shape index (κ2) is 11.3. The first-order valence-electron chi connectivity index (χ1n) is 9.60. The average molecular weight is 438 g/mol. The fourth-order valence-corrected chi connectivity index (χ4v) is 3.65. The van der Waals surface area contributed by atoms with Gasteiger partial charge in [0.2, 0.25) is 5.91 Å². The van der Waals surface area contributed by atoms with Crippen LogP contribution in [0.4, 0.5) is 0 Å². The molecule has 1 aromatic rings. The molecule has 0 spiro atoms. The zero-order chi connectivity index (χ0) is 22.1. The molecule has 2 rings (SSSR count). The van der Waals surface area contributed by atoms with Crippen molar-refractivity contribution in [1.29, 1.82) is 0 Å². The molecule has 1 aliphatic carbocycles. The average Bonchev–Trinajstić information content (AvgIpc) is 2.70. The monoisotopic (exact) mass is 437 g/mol. The van der Waals surface area contributed by atoms with Gasteiger partial charge in [-0.05, 0) is 55.3 Å². The topological polar surface area (TPSA) is 164 Å². The normalized spacial score (nSPS) is 19.2. The van der Waals surface area contributed by atoms with Gasteiger partial charge in [-0.2, -0.15) is 0 Å². The second-order valence-electron chi connectivity index (χ2n) is 7.31. The Balaban J connectivity index is 1.79. The van der Waals surface area contributed by atoms with Crippen LogP contribution >= 0.6 is 11.6 Å². The van der Waals surface area contributed by atoms with Gasteiger partial charge in [-0.1, -0.05) is 16.7 Å². The summed E-state index contributed by atoms with van der Waals surface area (Å²) in [7, 11) is 0. The van der Waals surface area contributed by atoms with E-state index < -0.39 is 17.9 Å². The highest BCUT2D eigenvalue weighted by Gasteiger charge is 2.28. The van der Waals surface area contributed by atoms with Crippen molar-refractivity contribution in [2.75, 3.05) is 13.1 Å². The molecule has 0 saturated heterocycles. The minimum Gasteiger partial charge on any atom is -0.507 e. The number of nitrogens with zero attached hydrogens (tertiary/aromatic N) is 3. The van der Waals surface area contributed by atoms with Crippen LogP contribution in [0.1, 0.15) is 42.5 Å². The number of carboxylic acids is 1. The standard InChI is InChI=1S/C19H24ClN5O5/c20-13-5-6-15(16(26)7-13)19(30)22-9-11-1-3-12(4-2-11)18(29)24-14(8-17(27)28)10-23-25-21/h5-7,11-12,14,26H,1-4,8-10H2,(H,22,30)(H,24,29)(H,27,28)/t11?,12?,14-/m0/s1. The molecule has 1 fully saturated rings. The lowest BCUT2D eigenvalue weighted by Crippen LogP contribution is -2.43. The summed E-state index contributed by atoms with van der Waals surface area (Å²) in [6.45, 7) is 0.307. The van der Waals surface area contributed by atoms with Gasteiger partial charge < -0.3 is 20.8 Å². The zero-order valence-corrected chi connectivity index (χ0v) is 17.0. The molecule has 11 heteroatoms. The highest BCUT2D eigenvalue weighted by molar-refractivity contribution is 6.30. The maximum absolute atomic E-state index is 12.4. The van der Waals surface area contributed by atoms with Crippen LogP contribution in [0.3, 0.4) is 0 Å². The lowest BCUT2D eigenvalue weighted by Gasteiger charge is -2.29. The minimum absolute atomic E-state index is 0.118. The van der Waals surface area contributed by atoms with E-state index in [4.69, 9.17) is 22.2 Å². The fourth-order valence-electron chi connectivity index (χ4n) is 3.48. The number of hydrogen-bond acceptors (Lipinski definition) is 5. The van der Waals surface area contributed by atoms with Crippen molar-refractivity contribution in [3.8, 4) is 5.75 Å². The number of carbonyl (C=O) groups is 3. The Bertz CT molecular complexity index is 831. The highest BCUT2D eigenvalue weighted by Crippen LogP contribution is 2.29. The van der Waals surface area contributed by atoms with E-state index in [2.05, 4.69) is 20.7 Å². The molecule has 4 N–H and O–H groups in total. The predicted molar refractivity (Wildman–Crippen MR) is 109 cm³/mol. The van der Waals surface area contributed by atoms with Crippen LogP contribution in [0.25, 0.3) is 10.4 Å². The number of phenols is 1. The van der Waals surface area contributed by atoms with Gasteiger partial charge in [0.15, 0.2) is 0 Å². The number of aromatic hydroxyl groups is 1. The smallest absolute Gasteiger partial charge is 0.305 e. The minimum atomic E-state index is -1.08. The summed E-state index contributed by atoms with van der Waals surface area (Å²) in [5.41, 5.74) is 8.55. The van der Waals surface area contributed by atoms with Crippen LogP contribution < -0.4 is 10.6 Å².